The molecule has 1 saturated carbocycles. The second-order valence-corrected chi connectivity index (χ2v) is 8.94. The molecule has 5 nitrogen and oxygen atoms in total. The van der Waals surface area contributed by atoms with Crippen molar-refractivity contribution in [2.75, 3.05) is 17.7 Å². The molecule has 0 bridgehead atoms. The van der Waals surface area contributed by atoms with Crippen molar-refractivity contribution >= 4 is 23.4 Å². The van der Waals surface area contributed by atoms with E-state index in [2.05, 4.69) is 5.32 Å². The maximum atomic E-state index is 13.0. The molecule has 2 aliphatic heterocycles. The second-order valence-electron chi connectivity index (χ2n) is 7.88. The standard InChI is InChI=1S/C23H25NO4S/c25-22(18-7-1-2-8-21(18)29-15-17-6-5-13-26-17)24-16-9-10-19-20(14-16)28-23(27-19)11-3-4-12-23/h1-2,7-10,14,17H,3-6,11-13,15H2,(H,24,25)/t17-/m1/s1. The van der Waals surface area contributed by atoms with Crippen LogP contribution in [-0.2, 0) is 4.74 Å². The predicted octanol–water partition coefficient (Wildman–Crippen LogP) is 5.25. The molecule has 1 saturated heterocycles. The summed E-state index contributed by atoms with van der Waals surface area (Å²) in [6.07, 6.45) is 6.58. The van der Waals surface area contributed by atoms with Crippen LogP contribution in [0.2, 0.25) is 0 Å². The van der Waals surface area contributed by atoms with Crippen LogP contribution in [0.4, 0.5) is 5.69 Å². The lowest BCUT2D eigenvalue weighted by Gasteiger charge is -2.21. The van der Waals surface area contributed by atoms with E-state index in [-0.39, 0.29) is 12.0 Å². The third kappa shape index (κ3) is 3.96. The van der Waals surface area contributed by atoms with Crippen LogP contribution in [0, 0.1) is 0 Å². The number of amides is 1. The minimum atomic E-state index is -0.490. The molecular formula is C23H25NO4S. The second kappa shape index (κ2) is 7.92. The number of rotatable bonds is 5. The van der Waals surface area contributed by atoms with Crippen LogP contribution in [0.3, 0.4) is 0 Å². The van der Waals surface area contributed by atoms with Crippen molar-refractivity contribution in [1.82, 2.24) is 0 Å². The molecule has 2 aromatic rings. The number of carbonyl (C=O) groups is 1. The van der Waals surface area contributed by atoms with Gasteiger partial charge in [0.05, 0.1) is 11.7 Å². The van der Waals surface area contributed by atoms with Crippen molar-refractivity contribution < 1.29 is 19.0 Å². The Morgan fingerprint density at radius 3 is 2.72 bits per heavy atom. The zero-order valence-corrected chi connectivity index (χ0v) is 17.1. The van der Waals surface area contributed by atoms with E-state index in [0.29, 0.717) is 17.0 Å². The van der Waals surface area contributed by atoms with Gasteiger partial charge < -0.3 is 19.5 Å². The Morgan fingerprint density at radius 1 is 1.07 bits per heavy atom. The van der Waals surface area contributed by atoms with Gasteiger partial charge in [0.25, 0.3) is 11.7 Å². The highest BCUT2D eigenvalue weighted by Gasteiger charge is 2.44. The molecule has 0 radical (unpaired) electrons. The van der Waals surface area contributed by atoms with Crippen LogP contribution in [-0.4, -0.2) is 30.2 Å². The Hall–Kier alpha value is -2.18. The Morgan fingerprint density at radius 2 is 1.90 bits per heavy atom. The smallest absolute Gasteiger partial charge is 0.256 e. The fraction of sp³-hybridized carbons (Fsp3) is 0.435. The van der Waals surface area contributed by atoms with Crippen molar-refractivity contribution in [2.24, 2.45) is 0 Å². The average Bonchev–Trinajstić information content (AvgIpc) is 3.48. The fourth-order valence-electron chi connectivity index (χ4n) is 4.23. The lowest BCUT2D eigenvalue weighted by Crippen LogP contribution is -2.34. The summed E-state index contributed by atoms with van der Waals surface area (Å²) in [6.45, 7) is 0.846. The zero-order valence-electron chi connectivity index (χ0n) is 16.3. The van der Waals surface area contributed by atoms with Crippen LogP contribution in [0.5, 0.6) is 11.5 Å². The maximum absolute atomic E-state index is 13.0. The summed E-state index contributed by atoms with van der Waals surface area (Å²) in [5, 5.41) is 3.02. The first-order chi connectivity index (χ1) is 14.2. The highest BCUT2D eigenvalue weighted by molar-refractivity contribution is 7.99. The van der Waals surface area contributed by atoms with Crippen molar-refractivity contribution in [2.45, 2.75) is 55.3 Å². The normalized spacial score (nSPS) is 21.6. The molecular weight excluding hydrogens is 386 g/mol. The van der Waals surface area contributed by atoms with Gasteiger partial charge in [-0.1, -0.05) is 12.1 Å². The van der Waals surface area contributed by atoms with Crippen LogP contribution in [0.15, 0.2) is 47.4 Å². The number of benzene rings is 2. The van der Waals surface area contributed by atoms with Gasteiger partial charge in [-0.05, 0) is 49.9 Å². The number of hydrogen-bond acceptors (Lipinski definition) is 5. The van der Waals surface area contributed by atoms with E-state index in [0.717, 1.165) is 61.5 Å². The van der Waals surface area contributed by atoms with E-state index in [4.69, 9.17) is 14.2 Å². The zero-order chi connectivity index (χ0) is 19.7. The average molecular weight is 412 g/mol. The number of fused-ring (bicyclic) bond motifs is 1. The van der Waals surface area contributed by atoms with Crippen molar-refractivity contribution in [3.63, 3.8) is 0 Å². The Labute approximate surface area is 175 Å². The van der Waals surface area contributed by atoms with Gasteiger partial charge in [-0.2, -0.15) is 0 Å². The lowest BCUT2D eigenvalue weighted by molar-refractivity contribution is -0.0716. The first-order valence-electron chi connectivity index (χ1n) is 10.4. The van der Waals surface area contributed by atoms with E-state index in [1.54, 1.807) is 11.8 Å². The molecule has 6 heteroatoms. The van der Waals surface area contributed by atoms with E-state index < -0.39 is 5.79 Å². The van der Waals surface area contributed by atoms with Gasteiger partial charge in [-0.25, -0.2) is 0 Å². The van der Waals surface area contributed by atoms with E-state index >= 15 is 0 Å². The summed E-state index contributed by atoms with van der Waals surface area (Å²) < 4.78 is 17.9. The molecule has 1 aliphatic carbocycles. The number of ether oxygens (including phenoxy) is 3. The summed E-state index contributed by atoms with van der Waals surface area (Å²) in [5.74, 6) is 1.74. The van der Waals surface area contributed by atoms with Crippen molar-refractivity contribution in [3.05, 3.63) is 48.0 Å². The SMILES string of the molecule is O=C(Nc1ccc2c(c1)OC1(CCCC1)O2)c1ccccc1SC[C@H]1CCCO1. The first kappa shape index (κ1) is 18.8. The largest absolute Gasteiger partial charge is 0.448 e. The molecule has 0 aromatic heterocycles. The molecule has 1 amide bonds. The third-order valence-corrected chi connectivity index (χ3v) is 6.94. The van der Waals surface area contributed by atoms with Crippen LogP contribution in [0.1, 0.15) is 48.9 Å². The first-order valence-corrected chi connectivity index (χ1v) is 11.4. The van der Waals surface area contributed by atoms with Gasteiger partial charge in [0.15, 0.2) is 11.5 Å². The van der Waals surface area contributed by atoms with Gasteiger partial charge in [0, 0.05) is 41.9 Å². The van der Waals surface area contributed by atoms with Gasteiger partial charge in [0.2, 0.25) is 0 Å². The number of nitrogens with one attached hydrogen (secondary N) is 1. The van der Waals surface area contributed by atoms with Gasteiger partial charge in [-0.15, -0.1) is 11.8 Å². The van der Waals surface area contributed by atoms with Crippen LogP contribution in [0.25, 0.3) is 0 Å². The Balaban J connectivity index is 1.28. The lowest BCUT2D eigenvalue weighted by atomic mass is 10.2. The molecule has 2 fully saturated rings. The highest BCUT2D eigenvalue weighted by atomic mass is 32.2. The van der Waals surface area contributed by atoms with Gasteiger partial charge in [-0.3, -0.25) is 4.79 Å². The molecule has 1 spiro atoms. The number of carbonyl (C=O) groups excluding carboxylic acids is 1. The molecule has 1 atom stereocenters. The molecule has 5 rings (SSSR count). The summed E-state index contributed by atoms with van der Waals surface area (Å²) in [5.41, 5.74) is 1.40. The number of hydrogen-bond donors (Lipinski definition) is 1. The molecule has 29 heavy (non-hydrogen) atoms. The summed E-state index contributed by atoms with van der Waals surface area (Å²) in [6, 6.07) is 13.4. The molecule has 1 N–H and O–H groups in total. The Bertz CT molecular complexity index is 904. The Kier molecular flexibility index (Phi) is 5.14. The highest BCUT2D eigenvalue weighted by Crippen LogP contribution is 2.47. The topological polar surface area (TPSA) is 56.8 Å². The van der Waals surface area contributed by atoms with Gasteiger partial charge >= 0.3 is 0 Å². The maximum Gasteiger partial charge on any atom is 0.256 e. The van der Waals surface area contributed by atoms with E-state index in [1.165, 1.54) is 0 Å². The van der Waals surface area contributed by atoms with E-state index in [1.807, 2.05) is 42.5 Å². The van der Waals surface area contributed by atoms with E-state index in [9.17, 15) is 4.79 Å². The van der Waals surface area contributed by atoms with Gasteiger partial charge in [0.1, 0.15) is 0 Å². The van der Waals surface area contributed by atoms with Crippen LogP contribution < -0.4 is 14.8 Å². The molecule has 2 heterocycles. The number of anilines is 1. The minimum absolute atomic E-state index is 0.116. The summed E-state index contributed by atoms with van der Waals surface area (Å²) >= 11 is 1.69. The molecule has 0 unspecified atom stereocenters. The van der Waals surface area contributed by atoms with Crippen molar-refractivity contribution in [3.8, 4) is 11.5 Å². The van der Waals surface area contributed by atoms with Crippen LogP contribution >= 0.6 is 11.8 Å². The molecule has 2 aromatic carbocycles. The number of thioether (sulfide) groups is 1. The minimum Gasteiger partial charge on any atom is -0.448 e. The molecule has 152 valence electrons. The van der Waals surface area contributed by atoms with Crippen molar-refractivity contribution in [1.29, 1.82) is 0 Å². The third-order valence-electron chi connectivity index (χ3n) is 5.74. The predicted molar refractivity (Wildman–Crippen MR) is 113 cm³/mol. The quantitative estimate of drug-likeness (QED) is 0.681. The monoisotopic (exact) mass is 411 g/mol. The molecule has 3 aliphatic rings. The fourth-order valence-corrected chi connectivity index (χ4v) is 5.35. The summed E-state index contributed by atoms with van der Waals surface area (Å²) in [4.78, 5) is 13.9. The summed E-state index contributed by atoms with van der Waals surface area (Å²) in [7, 11) is 0.